The number of hydrogen-bond acceptors (Lipinski definition) is 4. The summed E-state index contributed by atoms with van der Waals surface area (Å²) in [4.78, 5) is 11.9. The van der Waals surface area contributed by atoms with Gasteiger partial charge < -0.3 is 14.9 Å². The highest BCUT2D eigenvalue weighted by molar-refractivity contribution is 9.11. The Labute approximate surface area is 127 Å². The first-order valence-electron chi connectivity index (χ1n) is 5.81. The van der Waals surface area contributed by atoms with E-state index in [4.69, 9.17) is 14.9 Å². The van der Waals surface area contributed by atoms with Gasteiger partial charge in [-0.3, -0.25) is 4.79 Å². The maximum atomic E-state index is 10.8. The van der Waals surface area contributed by atoms with Crippen molar-refractivity contribution in [2.45, 2.75) is 0 Å². The lowest BCUT2D eigenvalue weighted by Gasteiger charge is -2.03. The molecular weight excluding hydrogens is 342 g/mol. The Morgan fingerprint density at radius 1 is 1.35 bits per heavy atom. The molecule has 0 aliphatic carbocycles. The topological polar surface area (TPSA) is 65.5 Å². The average molecular weight is 352 g/mol. The molecule has 0 bridgehead atoms. The van der Waals surface area contributed by atoms with Crippen LogP contribution in [-0.2, 0) is 4.79 Å². The summed E-state index contributed by atoms with van der Waals surface area (Å²) >= 11 is 5.08. The molecule has 0 spiro atoms. The number of carbonyl (C=O) groups excluding carboxylic acids is 1. The summed E-state index contributed by atoms with van der Waals surface area (Å²) in [6, 6.07) is 9.44. The van der Waals surface area contributed by atoms with Gasteiger partial charge in [0.25, 0.3) is 5.91 Å². The molecule has 1 aromatic carbocycles. The summed E-state index contributed by atoms with van der Waals surface area (Å²) in [5, 5.41) is 0.946. The third kappa shape index (κ3) is 2.57. The van der Waals surface area contributed by atoms with Crippen molar-refractivity contribution in [3.05, 3.63) is 40.4 Å². The van der Waals surface area contributed by atoms with Crippen molar-refractivity contribution in [1.82, 2.24) is 0 Å². The number of carbonyl (C=O) groups is 1. The van der Waals surface area contributed by atoms with Crippen LogP contribution in [0.5, 0.6) is 5.75 Å². The molecular formula is C14H10BrNO3S. The summed E-state index contributed by atoms with van der Waals surface area (Å²) in [6.07, 6.45) is 1.72. The second-order valence-corrected chi connectivity index (χ2v) is 6.63. The van der Waals surface area contributed by atoms with E-state index >= 15 is 0 Å². The number of fused-ring (bicyclic) bond motifs is 1. The minimum Gasteiger partial charge on any atom is -0.484 e. The summed E-state index contributed by atoms with van der Waals surface area (Å²) in [7, 11) is 0. The highest BCUT2D eigenvalue weighted by Crippen LogP contribution is 2.38. The molecule has 2 aromatic heterocycles. The summed E-state index contributed by atoms with van der Waals surface area (Å²) in [5.74, 6) is 0.0919. The van der Waals surface area contributed by atoms with E-state index in [0.29, 0.717) is 5.75 Å². The first kappa shape index (κ1) is 13.2. The molecule has 0 saturated carbocycles. The van der Waals surface area contributed by atoms with Crippen LogP contribution < -0.4 is 10.5 Å². The molecule has 0 saturated heterocycles. The second kappa shape index (κ2) is 5.30. The van der Waals surface area contributed by atoms with Gasteiger partial charge in [-0.15, -0.1) is 11.3 Å². The van der Waals surface area contributed by atoms with Gasteiger partial charge in [0.15, 0.2) is 6.61 Å². The van der Waals surface area contributed by atoms with Crippen LogP contribution in [0.4, 0.5) is 0 Å². The Balaban J connectivity index is 2.01. The van der Waals surface area contributed by atoms with Gasteiger partial charge in [0, 0.05) is 15.8 Å². The Bertz CT molecular complexity index is 778. The third-order valence-electron chi connectivity index (χ3n) is 2.76. The number of furan rings is 1. The zero-order valence-corrected chi connectivity index (χ0v) is 12.7. The number of primary amides is 1. The highest BCUT2D eigenvalue weighted by atomic mass is 79.9. The molecule has 1 amide bonds. The number of hydrogen-bond donors (Lipinski definition) is 1. The van der Waals surface area contributed by atoms with E-state index in [0.717, 1.165) is 25.2 Å². The third-order valence-corrected chi connectivity index (χ3v) is 4.42. The monoisotopic (exact) mass is 351 g/mol. The molecule has 2 heterocycles. The van der Waals surface area contributed by atoms with Crippen LogP contribution in [-0.4, -0.2) is 12.5 Å². The molecule has 4 nitrogen and oxygen atoms in total. The van der Waals surface area contributed by atoms with E-state index in [9.17, 15) is 4.79 Å². The zero-order chi connectivity index (χ0) is 14.1. The van der Waals surface area contributed by atoms with Crippen LogP contribution in [0.1, 0.15) is 0 Å². The molecule has 3 aromatic rings. The van der Waals surface area contributed by atoms with Crippen molar-refractivity contribution >= 4 is 44.1 Å². The molecule has 0 aliphatic rings. The van der Waals surface area contributed by atoms with E-state index in [-0.39, 0.29) is 6.61 Å². The Morgan fingerprint density at radius 2 is 2.20 bits per heavy atom. The average Bonchev–Trinajstić information content (AvgIpc) is 3.01. The number of thiophene rings is 1. The smallest absolute Gasteiger partial charge is 0.255 e. The van der Waals surface area contributed by atoms with Gasteiger partial charge in [0.1, 0.15) is 17.6 Å². The van der Waals surface area contributed by atoms with E-state index in [2.05, 4.69) is 15.9 Å². The van der Waals surface area contributed by atoms with E-state index in [1.54, 1.807) is 23.7 Å². The number of rotatable bonds is 4. The fourth-order valence-electron chi connectivity index (χ4n) is 1.90. The second-order valence-electron chi connectivity index (χ2n) is 4.17. The van der Waals surface area contributed by atoms with Crippen molar-refractivity contribution in [2.24, 2.45) is 5.73 Å². The number of benzene rings is 1. The van der Waals surface area contributed by atoms with Crippen molar-refractivity contribution < 1.29 is 13.9 Å². The zero-order valence-electron chi connectivity index (χ0n) is 10.3. The van der Waals surface area contributed by atoms with Crippen LogP contribution in [0, 0.1) is 0 Å². The van der Waals surface area contributed by atoms with Crippen LogP contribution in [0.15, 0.2) is 44.8 Å². The Morgan fingerprint density at radius 3 is 2.90 bits per heavy atom. The van der Waals surface area contributed by atoms with Crippen molar-refractivity contribution in [1.29, 1.82) is 0 Å². The van der Waals surface area contributed by atoms with Gasteiger partial charge in [0.05, 0.1) is 3.79 Å². The van der Waals surface area contributed by atoms with Gasteiger partial charge in [-0.1, -0.05) is 0 Å². The molecule has 0 radical (unpaired) electrons. The lowest BCUT2D eigenvalue weighted by molar-refractivity contribution is -0.119. The van der Waals surface area contributed by atoms with E-state index < -0.39 is 5.91 Å². The van der Waals surface area contributed by atoms with Gasteiger partial charge in [-0.05, 0) is 46.3 Å². The molecule has 3 rings (SSSR count). The maximum Gasteiger partial charge on any atom is 0.255 e. The van der Waals surface area contributed by atoms with Crippen LogP contribution in [0.3, 0.4) is 0 Å². The predicted octanol–water partition coefficient (Wildman–Crippen LogP) is 3.79. The molecule has 0 aliphatic heterocycles. The number of halogens is 1. The lowest BCUT2D eigenvalue weighted by atomic mass is 10.1. The highest BCUT2D eigenvalue weighted by Gasteiger charge is 2.11. The number of amides is 1. The van der Waals surface area contributed by atoms with Crippen LogP contribution in [0.25, 0.3) is 21.4 Å². The predicted molar refractivity (Wildman–Crippen MR) is 81.9 cm³/mol. The summed E-state index contributed by atoms with van der Waals surface area (Å²) < 4.78 is 11.9. The van der Waals surface area contributed by atoms with Gasteiger partial charge >= 0.3 is 0 Å². The van der Waals surface area contributed by atoms with Gasteiger partial charge in [0.2, 0.25) is 0 Å². The molecule has 102 valence electrons. The van der Waals surface area contributed by atoms with Crippen molar-refractivity contribution in [3.63, 3.8) is 0 Å². The molecule has 6 heteroatoms. The Hall–Kier alpha value is -1.79. The summed E-state index contributed by atoms with van der Waals surface area (Å²) in [5.41, 5.74) is 6.84. The molecule has 2 N–H and O–H groups in total. The molecule has 0 fully saturated rings. The standard InChI is InChI=1S/C14H10BrNO3S/c15-13-4-3-12(20-13)10-6-19-11-2-1-8(5-9(10)11)18-7-14(16)17/h1-6H,7H2,(H2,16,17). The quantitative estimate of drug-likeness (QED) is 0.777. The normalized spacial score (nSPS) is 10.8. The first-order valence-corrected chi connectivity index (χ1v) is 7.42. The number of ether oxygens (including phenoxy) is 1. The minimum atomic E-state index is -0.500. The van der Waals surface area contributed by atoms with Gasteiger partial charge in [-0.2, -0.15) is 0 Å². The fraction of sp³-hybridized carbons (Fsp3) is 0.0714. The van der Waals surface area contributed by atoms with E-state index in [1.807, 2.05) is 24.3 Å². The van der Waals surface area contributed by atoms with Crippen molar-refractivity contribution in [3.8, 4) is 16.2 Å². The van der Waals surface area contributed by atoms with Crippen LogP contribution >= 0.6 is 27.3 Å². The Kier molecular flexibility index (Phi) is 3.50. The summed E-state index contributed by atoms with van der Waals surface area (Å²) in [6.45, 7) is -0.136. The fourth-order valence-corrected chi connectivity index (χ4v) is 3.31. The molecule has 0 unspecified atom stereocenters. The molecule has 20 heavy (non-hydrogen) atoms. The van der Waals surface area contributed by atoms with Crippen molar-refractivity contribution in [2.75, 3.05) is 6.61 Å². The number of nitrogens with two attached hydrogens (primary N) is 1. The van der Waals surface area contributed by atoms with E-state index in [1.165, 1.54) is 0 Å². The molecule has 0 atom stereocenters. The van der Waals surface area contributed by atoms with Crippen LogP contribution in [0.2, 0.25) is 0 Å². The minimum absolute atomic E-state index is 0.136. The van der Waals surface area contributed by atoms with Gasteiger partial charge in [-0.25, -0.2) is 0 Å². The largest absolute Gasteiger partial charge is 0.484 e. The maximum absolute atomic E-state index is 10.8. The lowest BCUT2D eigenvalue weighted by Crippen LogP contribution is -2.19. The SMILES string of the molecule is NC(=O)COc1ccc2occ(-c3ccc(Br)s3)c2c1. The first-order chi connectivity index (χ1) is 9.63.